The molecule has 0 spiro atoms. The van der Waals surface area contributed by atoms with Crippen LogP contribution < -0.4 is 15.0 Å². The molecule has 1 N–H and O–H groups in total. The van der Waals surface area contributed by atoms with Gasteiger partial charge < -0.3 is 19.5 Å². The van der Waals surface area contributed by atoms with E-state index in [0.717, 1.165) is 23.5 Å². The topological polar surface area (TPSA) is 80.5 Å². The fourth-order valence-electron chi connectivity index (χ4n) is 2.57. The highest BCUT2D eigenvalue weighted by Gasteiger charge is 2.28. The van der Waals surface area contributed by atoms with Crippen molar-refractivity contribution in [1.29, 1.82) is 0 Å². The van der Waals surface area contributed by atoms with Gasteiger partial charge in [0.1, 0.15) is 12.4 Å². The molecule has 0 radical (unpaired) electrons. The third kappa shape index (κ3) is 2.99. The number of rotatable bonds is 3. The number of ether oxygens (including phenoxy) is 1. The van der Waals surface area contributed by atoms with Gasteiger partial charge in [0.05, 0.1) is 17.8 Å². The first-order valence-corrected chi connectivity index (χ1v) is 7.48. The molecule has 1 aliphatic heterocycles. The van der Waals surface area contributed by atoms with Gasteiger partial charge in [-0.25, -0.2) is 0 Å². The lowest BCUT2D eigenvalue weighted by atomic mass is 10.1. The van der Waals surface area contributed by atoms with Crippen LogP contribution in [0.15, 0.2) is 22.7 Å². The summed E-state index contributed by atoms with van der Waals surface area (Å²) >= 11 is 0. The molecule has 7 nitrogen and oxygen atoms in total. The maximum atomic E-state index is 11.3. The lowest BCUT2D eigenvalue weighted by Gasteiger charge is -2.27. The van der Waals surface area contributed by atoms with E-state index >= 15 is 0 Å². The van der Waals surface area contributed by atoms with Crippen molar-refractivity contribution in [1.82, 2.24) is 15.5 Å². The van der Waals surface area contributed by atoms with Crippen LogP contribution in [0.25, 0.3) is 11.5 Å². The number of anilines is 1. The van der Waals surface area contributed by atoms with Gasteiger partial charge in [-0.15, -0.1) is 0 Å². The van der Waals surface area contributed by atoms with Crippen molar-refractivity contribution in [3.8, 4) is 17.2 Å². The van der Waals surface area contributed by atoms with Crippen LogP contribution in [-0.4, -0.2) is 36.2 Å². The molecular weight excluding hydrogens is 296 g/mol. The van der Waals surface area contributed by atoms with Gasteiger partial charge in [0, 0.05) is 19.5 Å². The van der Waals surface area contributed by atoms with Crippen molar-refractivity contribution in [3.63, 3.8) is 0 Å². The second kappa shape index (κ2) is 5.57. The van der Waals surface area contributed by atoms with Gasteiger partial charge in [0.25, 0.3) is 5.89 Å². The molecule has 1 aromatic heterocycles. The third-order valence-electron chi connectivity index (χ3n) is 3.77. The normalized spacial score (nSPS) is 14.2. The first-order chi connectivity index (χ1) is 10.9. The number of aromatic nitrogens is 2. The van der Waals surface area contributed by atoms with E-state index in [-0.39, 0.29) is 5.91 Å². The lowest BCUT2D eigenvalue weighted by Crippen LogP contribution is -2.40. The molecule has 0 unspecified atom stereocenters. The number of nitrogens with one attached hydrogen (secondary N) is 1. The number of fused-ring (bicyclic) bond motifs is 1. The molecule has 23 heavy (non-hydrogen) atoms. The number of hydrogen-bond donors (Lipinski definition) is 1. The fourth-order valence-corrected chi connectivity index (χ4v) is 2.57. The predicted octanol–water partition coefficient (Wildman–Crippen LogP) is 1.94. The molecule has 122 valence electrons. The zero-order valence-corrected chi connectivity index (χ0v) is 13.7. The lowest BCUT2D eigenvalue weighted by molar-refractivity contribution is -0.120. The van der Waals surface area contributed by atoms with Gasteiger partial charge >= 0.3 is 0 Å². The number of benzene rings is 1. The SMILES string of the molecule is CC(=O)NC(C)(C)c1noc(-c2ccc3c(c2)N(C)CCO3)n1. The zero-order chi connectivity index (χ0) is 16.6. The standard InChI is InChI=1S/C16H20N4O3/c1-10(21)18-16(2,3)15-17-14(23-19-15)11-5-6-13-12(9-11)20(4)7-8-22-13/h5-6,9H,7-8H2,1-4H3,(H,18,21). The highest BCUT2D eigenvalue weighted by molar-refractivity contribution is 5.74. The van der Waals surface area contributed by atoms with Crippen molar-refractivity contribution in [2.75, 3.05) is 25.1 Å². The van der Waals surface area contributed by atoms with Crippen molar-refractivity contribution < 1.29 is 14.1 Å². The van der Waals surface area contributed by atoms with E-state index in [4.69, 9.17) is 9.26 Å². The monoisotopic (exact) mass is 316 g/mol. The van der Waals surface area contributed by atoms with Gasteiger partial charge in [-0.3, -0.25) is 4.79 Å². The third-order valence-corrected chi connectivity index (χ3v) is 3.77. The van der Waals surface area contributed by atoms with E-state index in [1.807, 2.05) is 39.1 Å². The number of carbonyl (C=O) groups excluding carboxylic acids is 1. The Morgan fingerprint density at radius 2 is 2.17 bits per heavy atom. The highest BCUT2D eigenvalue weighted by Crippen LogP contribution is 2.34. The summed E-state index contributed by atoms with van der Waals surface area (Å²) in [6.45, 7) is 6.64. The molecule has 3 rings (SSSR count). The number of hydrogen-bond acceptors (Lipinski definition) is 6. The molecule has 0 saturated heterocycles. The van der Waals surface area contributed by atoms with Crippen molar-refractivity contribution in [3.05, 3.63) is 24.0 Å². The summed E-state index contributed by atoms with van der Waals surface area (Å²) in [5, 5.41) is 6.81. The molecule has 0 fully saturated rings. The summed E-state index contributed by atoms with van der Waals surface area (Å²) < 4.78 is 11.0. The van der Waals surface area contributed by atoms with Gasteiger partial charge in [-0.1, -0.05) is 5.16 Å². The second-order valence-corrected chi connectivity index (χ2v) is 6.18. The Labute approximate surface area is 134 Å². The summed E-state index contributed by atoms with van der Waals surface area (Å²) in [6, 6.07) is 5.76. The minimum absolute atomic E-state index is 0.145. The fraction of sp³-hybridized carbons (Fsp3) is 0.438. The van der Waals surface area contributed by atoms with Crippen LogP contribution in [0.2, 0.25) is 0 Å². The zero-order valence-electron chi connectivity index (χ0n) is 13.7. The van der Waals surface area contributed by atoms with E-state index in [0.29, 0.717) is 18.3 Å². The molecule has 1 aliphatic rings. The molecule has 1 amide bonds. The van der Waals surface area contributed by atoms with E-state index in [2.05, 4.69) is 20.4 Å². The van der Waals surface area contributed by atoms with Crippen LogP contribution in [-0.2, 0) is 10.3 Å². The molecule has 1 aromatic carbocycles. The largest absolute Gasteiger partial charge is 0.490 e. The summed E-state index contributed by atoms with van der Waals surface area (Å²) in [4.78, 5) is 17.8. The van der Waals surface area contributed by atoms with Crippen molar-refractivity contribution in [2.45, 2.75) is 26.3 Å². The van der Waals surface area contributed by atoms with Crippen LogP contribution in [0.4, 0.5) is 5.69 Å². The Hall–Kier alpha value is -2.57. The van der Waals surface area contributed by atoms with Crippen LogP contribution in [0.5, 0.6) is 5.75 Å². The van der Waals surface area contributed by atoms with Gasteiger partial charge in [-0.05, 0) is 32.0 Å². The quantitative estimate of drug-likeness (QED) is 0.932. The van der Waals surface area contributed by atoms with E-state index in [1.54, 1.807) is 0 Å². The molecule has 0 bridgehead atoms. The van der Waals surface area contributed by atoms with Gasteiger partial charge in [0.2, 0.25) is 5.91 Å². The average molecular weight is 316 g/mol. The molecule has 2 heterocycles. The van der Waals surface area contributed by atoms with E-state index < -0.39 is 5.54 Å². The average Bonchev–Trinajstić information content (AvgIpc) is 2.97. The Kier molecular flexibility index (Phi) is 3.71. The number of likely N-dealkylation sites (N-methyl/N-ethyl adjacent to an activating group) is 1. The minimum Gasteiger partial charge on any atom is -0.490 e. The number of amides is 1. The number of carbonyl (C=O) groups is 1. The second-order valence-electron chi connectivity index (χ2n) is 6.18. The Balaban J connectivity index is 1.92. The summed E-state index contributed by atoms with van der Waals surface area (Å²) in [5.74, 6) is 1.56. The molecular formula is C16H20N4O3. The Bertz CT molecular complexity index is 739. The van der Waals surface area contributed by atoms with Crippen LogP contribution >= 0.6 is 0 Å². The Morgan fingerprint density at radius 3 is 2.91 bits per heavy atom. The van der Waals surface area contributed by atoms with Gasteiger partial charge in [-0.2, -0.15) is 4.98 Å². The summed E-state index contributed by atoms with van der Waals surface area (Å²) in [6.07, 6.45) is 0. The summed E-state index contributed by atoms with van der Waals surface area (Å²) in [5.41, 5.74) is 1.12. The molecule has 0 aliphatic carbocycles. The summed E-state index contributed by atoms with van der Waals surface area (Å²) in [7, 11) is 2.02. The molecule has 7 heteroatoms. The smallest absolute Gasteiger partial charge is 0.258 e. The Morgan fingerprint density at radius 1 is 1.39 bits per heavy atom. The molecule has 2 aromatic rings. The molecule has 0 atom stereocenters. The minimum atomic E-state index is -0.693. The van der Waals surface area contributed by atoms with Crippen LogP contribution in [0, 0.1) is 0 Å². The first kappa shape index (κ1) is 15.3. The predicted molar refractivity (Wildman–Crippen MR) is 85.3 cm³/mol. The van der Waals surface area contributed by atoms with Crippen LogP contribution in [0.1, 0.15) is 26.6 Å². The molecule has 0 saturated carbocycles. The van der Waals surface area contributed by atoms with E-state index in [9.17, 15) is 4.79 Å². The highest BCUT2D eigenvalue weighted by atomic mass is 16.5. The van der Waals surface area contributed by atoms with Crippen molar-refractivity contribution in [2.24, 2.45) is 0 Å². The van der Waals surface area contributed by atoms with Crippen LogP contribution in [0.3, 0.4) is 0 Å². The van der Waals surface area contributed by atoms with E-state index in [1.165, 1.54) is 6.92 Å². The van der Waals surface area contributed by atoms with Crippen molar-refractivity contribution >= 4 is 11.6 Å². The van der Waals surface area contributed by atoms with Gasteiger partial charge in [0.15, 0.2) is 5.82 Å². The maximum Gasteiger partial charge on any atom is 0.258 e. The number of nitrogens with zero attached hydrogens (tertiary/aromatic N) is 3. The maximum absolute atomic E-state index is 11.3. The first-order valence-electron chi connectivity index (χ1n) is 7.48.